The summed E-state index contributed by atoms with van der Waals surface area (Å²) in [5, 5.41) is 0. The van der Waals surface area contributed by atoms with Crippen LogP contribution in [-0.2, 0) is 32.7 Å². The predicted molar refractivity (Wildman–Crippen MR) is 266 cm³/mol. The molecule has 1 N–H and O–H groups in total. The number of phosphoric ester groups is 1. The van der Waals surface area contributed by atoms with Crippen LogP contribution in [0.2, 0.25) is 0 Å². The van der Waals surface area contributed by atoms with E-state index in [0.717, 1.165) is 77.0 Å². The van der Waals surface area contributed by atoms with Crippen LogP contribution < -0.4 is 0 Å². The molecule has 0 aromatic rings. The van der Waals surface area contributed by atoms with Crippen LogP contribution in [0.5, 0.6) is 0 Å². The molecule has 63 heavy (non-hydrogen) atoms. The van der Waals surface area contributed by atoms with E-state index < -0.39 is 26.5 Å². The minimum atomic E-state index is -4.39. The number of hydrogen-bond donors (Lipinski definition) is 1. The van der Waals surface area contributed by atoms with Gasteiger partial charge in [0.15, 0.2) is 6.10 Å². The second kappa shape index (κ2) is 45.1. The van der Waals surface area contributed by atoms with Gasteiger partial charge >= 0.3 is 19.8 Å². The fourth-order valence-corrected chi connectivity index (χ4v) is 7.76. The molecule has 0 radical (unpaired) electrons. The second-order valence-electron chi connectivity index (χ2n) is 18.5. The number of unbranched alkanes of at least 4 members (excludes halogenated alkanes) is 25. The summed E-state index contributed by atoms with van der Waals surface area (Å²) in [6.45, 7) is 4.41. The van der Waals surface area contributed by atoms with E-state index in [0.29, 0.717) is 17.4 Å². The lowest BCUT2D eigenvalue weighted by atomic mass is 10.1. The standard InChI is InChI=1S/C53H98NO8P/c1-6-8-10-12-14-16-18-20-22-24-26-27-28-30-32-34-36-38-40-42-44-46-53(56)62-51(50-61-63(57,58)60-48-47-54(3,4)5)49-59-52(55)45-43-41-39-37-35-33-31-29-25-23-21-19-17-15-13-11-9-7-2/h18,20,23-26,28,30,51H,6-17,19,21-22,27,29,31-50H2,1-5H3/p+1/b20-18-,25-23-,26-24-,30-28-. The molecule has 0 aromatic heterocycles. The molecule has 0 aliphatic carbocycles. The number of rotatable bonds is 47. The number of phosphoric acid groups is 1. The van der Waals surface area contributed by atoms with Crippen molar-refractivity contribution in [2.24, 2.45) is 0 Å². The molecular weight excluding hydrogens is 810 g/mol. The Morgan fingerprint density at radius 3 is 1.29 bits per heavy atom. The van der Waals surface area contributed by atoms with Gasteiger partial charge in [-0.05, 0) is 77.0 Å². The van der Waals surface area contributed by atoms with Gasteiger partial charge < -0.3 is 18.9 Å². The number of carbonyl (C=O) groups is 2. The van der Waals surface area contributed by atoms with Crippen LogP contribution in [0.15, 0.2) is 48.6 Å². The summed E-state index contributed by atoms with van der Waals surface area (Å²) in [5.41, 5.74) is 0. The highest BCUT2D eigenvalue weighted by molar-refractivity contribution is 7.47. The van der Waals surface area contributed by atoms with Crippen molar-refractivity contribution in [3.63, 3.8) is 0 Å². The van der Waals surface area contributed by atoms with Crippen molar-refractivity contribution in [1.29, 1.82) is 0 Å². The fraction of sp³-hybridized carbons (Fsp3) is 0.811. The number of allylic oxidation sites excluding steroid dienone is 8. The second-order valence-corrected chi connectivity index (χ2v) is 20.0. The van der Waals surface area contributed by atoms with Crippen LogP contribution in [0.3, 0.4) is 0 Å². The van der Waals surface area contributed by atoms with Gasteiger partial charge in [0.25, 0.3) is 0 Å². The number of esters is 2. The lowest BCUT2D eigenvalue weighted by molar-refractivity contribution is -0.870. The summed E-state index contributed by atoms with van der Waals surface area (Å²) in [6.07, 6.45) is 54.4. The van der Waals surface area contributed by atoms with Crippen LogP contribution >= 0.6 is 7.82 Å². The van der Waals surface area contributed by atoms with Gasteiger partial charge in [-0.25, -0.2) is 4.57 Å². The molecule has 0 amide bonds. The van der Waals surface area contributed by atoms with Gasteiger partial charge in [-0.2, -0.15) is 0 Å². The molecule has 368 valence electrons. The first-order valence-electron chi connectivity index (χ1n) is 25.9. The number of likely N-dealkylation sites (N-methyl/N-ethyl adjacent to an activating group) is 1. The molecule has 0 saturated heterocycles. The summed E-state index contributed by atoms with van der Waals surface area (Å²) < 4.78 is 34.4. The largest absolute Gasteiger partial charge is 0.472 e. The molecule has 0 fully saturated rings. The maximum atomic E-state index is 12.8. The van der Waals surface area contributed by atoms with Crippen molar-refractivity contribution < 1.29 is 42.1 Å². The van der Waals surface area contributed by atoms with Crippen LogP contribution in [0.25, 0.3) is 0 Å². The molecule has 9 nitrogen and oxygen atoms in total. The highest BCUT2D eigenvalue weighted by Crippen LogP contribution is 2.43. The monoisotopic (exact) mass is 909 g/mol. The normalized spacial score (nSPS) is 13.8. The van der Waals surface area contributed by atoms with Crippen molar-refractivity contribution in [1.82, 2.24) is 0 Å². The third-order valence-electron chi connectivity index (χ3n) is 11.1. The topological polar surface area (TPSA) is 108 Å². The Kier molecular flexibility index (Phi) is 43.7. The Bertz CT molecular complexity index is 1210. The van der Waals surface area contributed by atoms with E-state index in [4.69, 9.17) is 18.5 Å². The van der Waals surface area contributed by atoms with E-state index in [9.17, 15) is 19.0 Å². The highest BCUT2D eigenvalue weighted by atomic mass is 31.2. The SMILES string of the molecule is CCCCCCC/C=C\C/C=C\C/C=C\CCCCCCCCC(=O)OC(COC(=O)CCCCCCCCC/C=C\CCCCCCCCC)COP(=O)(O)OCC[N+](C)(C)C. The van der Waals surface area contributed by atoms with Gasteiger partial charge in [0.05, 0.1) is 27.7 Å². The van der Waals surface area contributed by atoms with Gasteiger partial charge in [-0.3, -0.25) is 18.6 Å². The van der Waals surface area contributed by atoms with E-state index >= 15 is 0 Å². The van der Waals surface area contributed by atoms with E-state index in [2.05, 4.69) is 62.5 Å². The van der Waals surface area contributed by atoms with Crippen molar-refractivity contribution in [3.8, 4) is 0 Å². The number of ether oxygens (including phenoxy) is 2. The average Bonchev–Trinajstić information content (AvgIpc) is 3.24. The molecule has 0 aromatic carbocycles. The predicted octanol–water partition coefficient (Wildman–Crippen LogP) is 15.4. The Balaban J connectivity index is 4.30. The summed E-state index contributed by atoms with van der Waals surface area (Å²) in [7, 11) is 1.46. The highest BCUT2D eigenvalue weighted by Gasteiger charge is 2.27. The molecule has 0 rings (SSSR count). The van der Waals surface area contributed by atoms with Gasteiger partial charge in [0.2, 0.25) is 0 Å². The smallest absolute Gasteiger partial charge is 0.462 e. The quantitative estimate of drug-likeness (QED) is 0.0211. The van der Waals surface area contributed by atoms with Crippen molar-refractivity contribution in [2.75, 3.05) is 47.5 Å². The fourth-order valence-electron chi connectivity index (χ4n) is 7.02. The molecule has 0 saturated carbocycles. The van der Waals surface area contributed by atoms with Gasteiger partial charge in [-0.1, -0.05) is 184 Å². The number of carbonyl (C=O) groups excluding carboxylic acids is 2. The number of quaternary nitrogens is 1. The third kappa shape index (κ3) is 49.2. The van der Waals surface area contributed by atoms with Gasteiger partial charge in [0, 0.05) is 12.8 Å². The first kappa shape index (κ1) is 61.0. The first-order valence-corrected chi connectivity index (χ1v) is 27.4. The van der Waals surface area contributed by atoms with Gasteiger partial charge in [0.1, 0.15) is 19.8 Å². The van der Waals surface area contributed by atoms with E-state index in [1.165, 1.54) is 116 Å². The van der Waals surface area contributed by atoms with Crippen LogP contribution in [0.4, 0.5) is 0 Å². The molecule has 2 atom stereocenters. The molecule has 0 aliphatic heterocycles. The summed E-state index contributed by atoms with van der Waals surface area (Å²) >= 11 is 0. The lowest BCUT2D eigenvalue weighted by Crippen LogP contribution is -2.37. The Morgan fingerprint density at radius 2 is 0.857 bits per heavy atom. The lowest BCUT2D eigenvalue weighted by Gasteiger charge is -2.24. The molecule has 2 unspecified atom stereocenters. The number of hydrogen-bond acceptors (Lipinski definition) is 7. The Morgan fingerprint density at radius 1 is 0.492 bits per heavy atom. The van der Waals surface area contributed by atoms with E-state index in [-0.39, 0.29) is 32.0 Å². The van der Waals surface area contributed by atoms with E-state index in [1.807, 2.05) is 21.1 Å². The molecule has 0 heterocycles. The molecule has 0 spiro atoms. The maximum absolute atomic E-state index is 12.8. The number of nitrogens with zero attached hydrogens (tertiary/aromatic N) is 1. The minimum absolute atomic E-state index is 0.0272. The summed E-state index contributed by atoms with van der Waals surface area (Å²) in [4.78, 5) is 35.5. The Hall–Kier alpha value is -2.03. The maximum Gasteiger partial charge on any atom is 0.472 e. The third-order valence-corrected chi connectivity index (χ3v) is 12.1. The first-order chi connectivity index (χ1) is 30.5. The molecule has 0 bridgehead atoms. The van der Waals surface area contributed by atoms with Crippen molar-refractivity contribution in [2.45, 2.75) is 232 Å². The zero-order chi connectivity index (χ0) is 46.4. The average molecular weight is 909 g/mol. The van der Waals surface area contributed by atoms with Crippen molar-refractivity contribution >= 4 is 19.8 Å². The zero-order valence-electron chi connectivity index (χ0n) is 41.6. The zero-order valence-corrected chi connectivity index (χ0v) is 42.5. The molecular formula is C53H99NO8P+. The van der Waals surface area contributed by atoms with Gasteiger partial charge in [-0.15, -0.1) is 0 Å². The Labute approximate surface area is 388 Å². The van der Waals surface area contributed by atoms with Crippen LogP contribution in [0.1, 0.15) is 226 Å². The molecule has 10 heteroatoms. The van der Waals surface area contributed by atoms with Crippen LogP contribution in [0, 0.1) is 0 Å². The van der Waals surface area contributed by atoms with Crippen molar-refractivity contribution in [3.05, 3.63) is 48.6 Å². The summed E-state index contributed by atoms with van der Waals surface area (Å²) in [5.74, 6) is -0.814. The minimum Gasteiger partial charge on any atom is -0.462 e. The molecule has 0 aliphatic rings. The summed E-state index contributed by atoms with van der Waals surface area (Å²) in [6, 6.07) is 0. The van der Waals surface area contributed by atoms with Crippen LogP contribution in [-0.4, -0.2) is 74.9 Å². The van der Waals surface area contributed by atoms with E-state index in [1.54, 1.807) is 0 Å².